The highest BCUT2D eigenvalue weighted by molar-refractivity contribution is 6.98. The van der Waals surface area contributed by atoms with Gasteiger partial charge in [-0.2, -0.15) is 0 Å². The third kappa shape index (κ3) is 10.7. The Labute approximate surface area is 281 Å². The zero-order chi connectivity index (χ0) is 34.4. The number of aliphatic hydroxyl groups is 1. The van der Waals surface area contributed by atoms with Crippen molar-refractivity contribution >= 4 is 45.3 Å². The molecule has 0 radical (unpaired) electrons. The maximum atomic E-state index is 12.6. The van der Waals surface area contributed by atoms with E-state index in [0.717, 1.165) is 13.7 Å². The van der Waals surface area contributed by atoms with Crippen LogP contribution in [0.4, 0.5) is 0 Å². The number of hydrogen-bond acceptors (Lipinski definition) is 9. The molecule has 0 aliphatic carbocycles. The fourth-order valence-electron chi connectivity index (χ4n) is 4.96. The third-order valence-corrected chi connectivity index (χ3v) is 16.8. The van der Waals surface area contributed by atoms with Gasteiger partial charge in [0.15, 0.2) is 26.4 Å². The first-order valence-corrected chi connectivity index (χ1v) is 26.9. The normalized spacial score (nSPS) is 18.2. The van der Waals surface area contributed by atoms with Crippen molar-refractivity contribution in [3.8, 4) is 0 Å². The molecule has 1 N–H and O–H groups in total. The van der Waals surface area contributed by atoms with E-state index < -0.39 is 58.1 Å². The molecule has 16 heteroatoms. The van der Waals surface area contributed by atoms with Gasteiger partial charge in [-0.15, -0.1) is 0 Å². The molecule has 2 fully saturated rings. The van der Waals surface area contributed by atoms with E-state index in [2.05, 4.69) is 74.7 Å². The molecule has 47 heavy (non-hydrogen) atoms. The quantitative estimate of drug-likeness (QED) is 0.175. The zero-order valence-corrected chi connectivity index (χ0v) is 32.8. The van der Waals surface area contributed by atoms with Crippen molar-refractivity contribution in [2.24, 2.45) is 0 Å². The second-order valence-electron chi connectivity index (χ2n) is 13.3. The van der Waals surface area contributed by atoms with Crippen molar-refractivity contribution in [1.29, 1.82) is 0 Å². The van der Waals surface area contributed by atoms with Crippen molar-refractivity contribution in [2.75, 3.05) is 19.8 Å². The molecule has 3 unspecified atom stereocenters. The summed E-state index contributed by atoms with van der Waals surface area (Å²) in [6.07, 6.45) is -1.42. The van der Waals surface area contributed by atoms with Gasteiger partial charge in [0, 0.05) is 0 Å². The summed E-state index contributed by atoms with van der Waals surface area (Å²) >= 11 is 0. The molecule has 0 saturated carbocycles. The number of hydrogen-bond donors (Lipinski definition) is 1. The van der Waals surface area contributed by atoms with Crippen molar-refractivity contribution in [3.63, 3.8) is 0 Å². The van der Waals surface area contributed by atoms with Crippen LogP contribution in [0.25, 0.3) is 0 Å². The first kappa shape index (κ1) is 37.3. The molecule has 3 atom stereocenters. The topological polar surface area (TPSA) is 139 Å². The number of nitrogens with zero attached hydrogens (tertiary/aromatic N) is 3. The van der Waals surface area contributed by atoms with Crippen LogP contribution in [-0.4, -0.2) is 91.9 Å². The average Bonchev–Trinajstić information content (AvgIpc) is 3.96. The molecule has 2 aromatic carbocycles. The van der Waals surface area contributed by atoms with Crippen LogP contribution in [0.2, 0.25) is 45.8 Å². The van der Waals surface area contributed by atoms with E-state index in [1.54, 1.807) is 0 Å². The SMILES string of the molecule is C[SiH](C)O[Si](O[SiH](C)C)(c1ccccc1)c1ccccc1.C[Si](C)(C)OCC(O)Cn1c(=O)n(CC2CO2)c(=O)n(CC2CO2)c1=O. The van der Waals surface area contributed by atoms with E-state index in [1.807, 2.05) is 31.8 Å². The van der Waals surface area contributed by atoms with Crippen molar-refractivity contribution in [2.45, 2.75) is 83.8 Å². The number of ether oxygens (including phenoxy) is 2. The smallest absolute Gasteiger partial charge is 0.386 e. The summed E-state index contributed by atoms with van der Waals surface area (Å²) in [6.45, 7) is 15.7. The number of epoxide rings is 2. The summed E-state index contributed by atoms with van der Waals surface area (Å²) in [5.41, 5.74) is -2.15. The molecule has 2 aliphatic heterocycles. The molecular formula is C31H49N3O9Si4. The van der Waals surface area contributed by atoms with Crippen LogP contribution in [0.5, 0.6) is 0 Å². The molecular weight excluding hydrogens is 671 g/mol. The van der Waals surface area contributed by atoms with Gasteiger partial charge >= 0.3 is 25.6 Å². The van der Waals surface area contributed by atoms with E-state index in [1.165, 1.54) is 10.4 Å². The van der Waals surface area contributed by atoms with Crippen LogP contribution in [0.1, 0.15) is 0 Å². The summed E-state index contributed by atoms with van der Waals surface area (Å²) in [4.78, 5) is 37.8. The van der Waals surface area contributed by atoms with Crippen LogP contribution in [0.3, 0.4) is 0 Å². The number of rotatable bonds is 15. The lowest BCUT2D eigenvalue weighted by Crippen LogP contribution is -2.66. The Morgan fingerprint density at radius 2 is 1.13 bits per heavy atom. The maximum absolute atomic E-state index is 12.6. The molecule has 2 aliphatic rings. The van der Waals surface area contributed by atoms with Crippen LogP contribution in [0.15, 0.2) is 75.0 Å². The van der Waals surface area contributed by atoms with Crippen LogP contribution in [-0.2, 0) is 41.8 Å². The highest BCUT2D eigenvalue weighted by Crippen LogP contribution is 2.14. The first-order valence-electron chi connectivity index (χ1n) is 16.2. The van der Waals surface area contributed by atoms with Gasteiger partial charge in [-0.05, 0) is 56.2 Å². The van der Waals surface area contributed by atoms with Gasteiger partial charge in [0.05, 0.1) is 57.8 Å². The number of benzene rings is 2. The van der Waals surface area contributed by atoms with Crippen molar-refractivity contribution < 1.29 is 27.2 Å². The summed E-state index contributed by atoms with van der Waals surface area (Å²) in [6, 6.07) is 21.1. The summed E-state index contributed by atoms with van der Waals surface area (Å²) < 4.78 is 31.9. The molecule has 258 valence electrons. The van der Waals surface area contributed by atoms with E-state index >= 15 is 0 Å². The van der Waals surface area contributed by atoms with Gasteiger partial charge in [0.2, 0.25) is 0 Å². The molecule has 0 amide bonds. The largest absolute Gasteiger partial charge is 0.433 e. The lowest BCUT2D eigenvalue weighted by molar-refractivity contribution is 0.0854. The van der Waals surface area contributed by atoms with Crippen molar-refractivity contribution in [3.05, 3.63) is 92.1 Å². The number of aromatic nitrogens is 3. The highest BCUT2D eigenvalue weighted by Gasteiger charge is 2.43. The Morgan fingerprint density at radius 3 is 1.47 bits per heavy atom. The Hall–Kier alpha value is -2.52. The lowest BCUT2D eigenvalue weighted by atomic mass is 10.4. The predicted octanol–water partition coefficient (Wildman–Crippen LogP) is 0.425. The second kappa shape index (κ2) is 16.3. The summed E-state index contributed by atoms with van der Waals surface area (Å²) in [5, 5.41) is 12.6. The molecule has 0 bridgehead atoms. The van der Waals surface area contributed by atoms with Gasteiger partial charge in [0.25, 0.3) is 0 Å². The minimum Gasteiger partial charge on any atom is -0.433 e. The van der Waals surface area contributed by atoms with Gasteiger partial charge in [-0.25, -0.2) is 28.1 Å². The molecule has 3 heterocycles. The Balaban J connectivity index is 0.000000218. The Morgan fingerprint density at radius 1 is 0.745 bits per heavy atom. The fraction of sp³-hybridized carbons (Fsp3) is 0.516. The summed E-state index contributed by atoms with van der Waals surface area (Å²) in [7, 11) is -6.86. The van der Waals surface area contributed by atoms with E-state index in [4.69, 9.17) is 22.1 Å². The molecule has 2 saturated heterocycles. The van der Waals surface area contributed by atoms with E-state index in [0.29, 0.717) is 13.2 Å². The maximum Gasteiger partial charge on any atom is 0.386 e. The highest BCUT2D eigenvalue weighted by atomic mass is 28.5. The first-order chi connectivity index (χ1) is 22.2. The summed E-state index contributed by atoms with van der Waals surface area (Å²) in [5.74, 6) is 0. The molecule has 1 aromatic heterocycles. The van der Waals surface area contributed by atoms with E-state index in [-0.39, 0.29) is 38.4 Å². The van der Waals surface area contributed by atoms with Crippen LogP contribution >= 0.6 is 0 Å². The monoisotopic (exact) mass is 719 g/mol. The minimum absolute atomic E-state index is 0.0260. The van der Waals surface area contributed by atoms with Gasteiger partial charge < -0.3 is 27.2 Å². The molecule has 0 spiro atoms. The lowest BCUT2D eigenvalue weighted by Gasteiger charge is -2.35. The van der Waals surface area contributed by atoms with Gasteiger partial charge in [-0.3, -0.25) is 0 Å². The molecule has 5 rings (SSSR count). The predicted molar refractivity (Wildman–Crippen MR) is 192 cm³/mol. The average molecular weight is 720 g/mol. The molecule has 12 nitrogen and oxygen atoms in total. The second-order valence-corrected chi connectivity index (χ2v) is 26.3. The standard InChI is InChI=1S/C16H24O2Si3.C15H25N3O7Si/c1-19(2)17-21(18-20(3)4,15-11-7-5-8-12-15)16-13-9-6-10-14-16;1-26(2,3)25-7-10(19)4-16-13(20)17(5-11-8-23-11)15(22)18(14(16)21)6-12-9-24-12/h5-14,19-20H,1-4H3;10-12,19H,4-9H2,1-3H3. The van der Waals surface area contributed by atoms with Gasteiger partial charge in [-0.1, -0.05) is 60.7 Å². The zero-order valence-electron chi connectivity index (χ0n) is 28.5. The number of aliphatic hydroxyl groups excluding tert-OH is 1. The van der Waals surface area contributed by atoms with Crippen LogP contribution in [0, 0.1) is 0 Å². The Kier molecular flexibility index (Phi) is 12.9. The van der Waals surface area contributed by atoms with E-state index in [9.17, 15) is 19.5 Å². The third-order valence-electron chi connectivity index (χ3n) is 7.18. The Bertz CT molecular complexity index is 1510. The minimum atomic E-state index is -2.55. The van der Waals surface area contributed by atoms with Gasteiger partial charge in [0.1, 0.15) is 0 Å². The van der Waals surface area contributed by atoms with Crippen LogP contribution < -0.4 is 27.4 Å². The fourth-order valence-corrected chi connectivity index (χ4v) is 15.5. The van der Waals surface area contributed by atoms with Crippen molar-refractivity contribution in [1.82, 2.24) is 13.7 Å². The molecule has 3 aromatic rings.